The van der Waals surface area contributed by atoms with Gasteiger partial charge in [0, 0.05) is 25.6 Å². The van der Waals surface area contributed by atoms with Crippen molar-refractivity contribution in [1.82, 2.24) is 10.6 Å². The van der Waals surface area contributed by atoms with E-state index in [1.54, 1.807) is 21.3 Å². The average Bonchev–Trinajstić information content (AvgIpc) is 2.57. The van der Waals surface area contributed by atoms with Crippen molar-refractivity contribution in [3.05, 3.63) is 23.8 Å². The maximum Gasteiger partial charge on any atom is 0.191 e. The van der Waals surface area contributed by atoms with Crippen LogP contribution in [0.15, 0.2) is 23.2 Å². The van der Waals surface area contributed by atoms with Crippen LogP contribution in [0.2, 0.25) is 0 Å². The van der Waals surface area contributed by atoms with E-state index in [0.717, 1.165) is 37.0 Å². The first kappa shape index (κ1) is 19.1. The summed E-state index contributed by atoms with van der Waals surface area (Å²) in [5.41, 5.74) is 1.12. The van der Waals surface area contributed by atoms with Crippen molar-refractivity contribution in [2.45, 2.75) is 39.0 Å². The van der Waals surface area contributed by atoms with Crippen LogP contribution in [0, 0.1) is 0 Å². The van der Waals surface area contributed by atoms with Crippen molar-refractivity contribution < 1.29 is 9.47 Å². The molecule has 1 aromatic rings. The zero-order valence-electron chi connectivity index (χ0n) is 15.3. The molecule has 0 aliphatic carbocycles. The normalized spacial score (nSPS) is 12.0. The molecular formula is C18H31N3O2. The minimum absolute atomic E-state index is 0.0675. The van der Waals surface area contributed by atoms with Crippen molar-refractivity contribution in [3.63, 3.8) is 0 Å². The Balaban J connectivity index is 2.74. The molecule has 0 spiro atoms. The highest BCUT2D eigenvalue weighted by Crippen LogP contribution is 2.32. The molecule has 23 heavy (non-hydrogen) atoms. The van der Waals surface area contributed by atoms with Gasteiger partial charge >= 0.3 is 0 Å². The van der Waals surface area contributed by atoms with Gasteiger partial charge in [0.1, 0.15) is 0 Å². The Morgan fingerprint density at radius 2 is 1.83 bits per heavy atom. The van der Waals surface area contributed by atoms with Crippen molar-refractivity contribution in [2.24, 2.45) is 4.99 Å². The van der Waals surface area contributed by atoms with Gasteiger partial charge in [0.15, 0.2) is 17.5 Å². The van der Waals surface area contributed by atoms with Gasteiger partial charge in [-0.1, -0.05) is 33.3 Å². The van der Waals surface area contributed by atoms with E-state index in [2.05, 4.69) is 42.5 Å². The van der Waals surface area contributed by atoms with Crippen LogP contribution in [0.5, 0.6) is 11.5 Å². The molecule has 0 radical (unpaired) electrons. The fraction of sp³-hybridized carbons (Fsp3) is 0.611. The van der Waals surface area contributed by atoms with E-state index in [4.69, 9.17) is 9.47 Å². The van der Waals surface area contributed by atoms with Crippen molar-refractivity contribution in [3.8, 4) is 11.5 Å². The van der Waals surface area contributed by atoms with Crippen LogP contribution >= 0.6 is 0 Å². The van der Waals surface area contributed by atoms with Gasteiger partial charge in [-0.25, -0.2) is 0 Å². The molecule has 5 nitrogen and oxygen atoms in total. The van der Waals surface area contributed by atoms with Crippen molar-refractivity contribution >= 4 is 5.96 Å². The standard InChI is InChI=1S/C18H31N3O2/c1-7-8-11-20-17(19-4)21-13-18(2,3)14-9-10-15(22-5)16(12-14)23-6/h9-10,12H,7-8,11,13H2,1-6H3,(H2,19,20,21). The lowest BCUT2D eigenvalue weighted by atomic mass is 9.84. The highest BCUT2D eigenvalue weighted by Gasteiger charge is 2.22. The Labute approximate surface area is 140 Å². The van der Waals surface area contributed by atoms with Gasteiger partial charge in [0.05, 0.1) is 14.2 Å². The molecule has 0 unspecified atom stereocenters. The number of nitrogens with one attached hydrogen (secondary N) is 2. The smallest absolute Gasteiger partial charge is 0.191 e. The molecule has 0 saturated heterocycles. The fourth-order valence-corrected chi connectivity index (χ4v) is 2.27. The Morgan fingerprint density at radius 3 is 2.39 bits per heavy atom. The van der Waals surface area contributed by atoms with E-state index in [9.17, 15) is 0 Å². The number of rotatable bonds is 8. The number of hydrogen-bond donors (Lipinski definition) is 2. The first-order valence-corrected chi connectivity index (χ1v) is 8.15. The third-order valence-electron chi connectivity index (χ3n) is 3.91. The number of unbranched alkanes of at least 4 members (excludes halogenated alkanes) is 1. The molecule has 0 aliphatic heterocycles. The predicted molar refractivity (Wildman–Crippen MR) is 96.8 cm³/mol. The van der Waals surface area contributed by atoms with Crippen LogP contribution in [0.3, 0.4) is 0 Å². The van der Waals surface area contributed by atoms with E-state index in [1.807, 2.05) is 12.1 Å². The van der Waals surface area contributed by atoms with Gasteiger partial charge in [-0.05, 0) is 24.1 Å². The number of ether oxygens (including phenoxy) is 2. The van der Waals surface area contributed by atoms with Crippen LogP contribution in [-0.4, -0.2) is 40.3 Å². The molecule has 0 heterocycles. The summed E-state index contributed by atoms with van der Waals surface area (Å²) in [6.45, 7) is 8.28. The second-order valence-corrected chi connectivity index (χ2v) is 6.16. The highest BCUT2D eigenvalue weighted by molar-refractivity contribution is 5.79. The zero-order valence-corrected chi connectivity index (χ0v) is 15.3. The van der Waals surface area contributed by atoms with E-state index in [0.29, 0.717) is 0 Å². The molecule has 0 fully saturated rings. The number of guanidine groups is 1. The molecule has 5 heteroatoms. The van der Waals surface area contributed by atoms with Gasteiger partial charge in [-0.2, -0.15) is 0 Å². The van der Waals surface area contributed by atoms with Crippen LogP contribution < -0.4 is 20.1 Å². The zero-order chi connectivity index (χ0) is 17.3. The first-order chi connectivity index (χ1) is 11.0. The number of hydrogen-bond acceptors (Lipinski definition) is 3. The van der Waals surface area contributed by atoms with Gasteiger partial charge < -0.3 is 20.1 Å². The molecular weight excluding hydrogens is 290 g/mol. The summed E-state index contributed by atoms with van der Waals surface area (Å²) in [6.07, 6.45) is 2.31. The van der Waals surface area contributed by atoms with Gasteiger partial charge in [0.2, 0.25) is 0 Å². The summed E-state index contributed by atoms with van der Waals surface area (Å²) in [7, 11) is 5.10. The molecule has 0 atom stereocenters. The number of methoxy groups -OCH3 is 2. The molecule has 0 aromatic heterocycles. The summed E-state index contributed by atoms with van der Waals surface area (Å²) in [5.74, 6) is 2.34. The van der Waals surface area contributed by atoms with E-state index < -0.39 is 0 Å². The van der Waals surface area contributed by atoms with E-state index in [-0.39, 0.29) is 5.41 Å². The predicted octanol–water partition coefficient (Wildman–Crippen LogP) is 2.95. The first-order valence-electron chi connectivity index (χ1n) is 8.15. The lowest BCUT2D eigenvalue weighted by Gasteiger charge is -2.27. The topological polar surface area (TPSA) is 54.9 Å². The van der Waals surface area contributed by atoms with Crippen LogP contribution in [0.4, 0.5) is 0 Å². The fourth-order valence-electron chi connectivity index (χ4n) is 2.27. The van der Waals surface area contributed by atoms with Gasteiger partial charge in [0.25, 0.3) is 0 Å². The van der Waals surface area contributed by atoms with Crippen molar-refractivity contribution in [1.29, 1.82) is 0 Å². The quantitative estimate of drug-likeness (QED) is 0.439. The summed E-state index contributed by atoms with van der Waals surface area (Å²) in [6, 6.07) is 6.06. The monoisotopic (exact) mass is 321 g/mol. The Bertz CT molecular complexity index is 513. The molecule has 1 aromatic carbocycles. The molecule has 0 bridgehead atoms. The minimum Gasteiger partial charge on any atom is -0.493 e. The summed E-state index contributed by atoms with van der Waals surface area (Å²) in [4.78, 5) is 4.27. The SMILES string of the molecule is CCCCNC(=NC)NCC(C)(C)c1ccc(OC)c(OC)c1. The van der Waals surface area contributed by atoms with Crippen molar-refractivity contribution in [2.75, 3.05) is 34.4 Å². The maximum absolute atomic E-state index is 5.40. The van der Waals surface area contributed by atoms with Gasteiger partial charge in [-0.15, -0.1) is 0 Å². The molecule has 130 valence electrons. The summed E-state index contributed by atoms with van der Waals surface area (Å²) >= 11 is 0. The minimum atomic E-state index is -0.0675. The second kappa shape index (κ2) is 9.28. The molecule has 1 rings (SSSR count). The van der Waals surface area contributed by atoms with Crippen LogP contribution in [-0.2, 0) is 5.41 Å². The van der Waals surface area contributed by atoms with Crippen LogP contribution in [0.25, 0.3) is 0 Å². The average molecular weight is 321 g/mol. The third kappa shape index (κ3) is 5.66. The largest absolute Gasteiger partial charge is 0.493 e. The van der Waals surface area contributed by atoms with Crippen LogP contribution in [0.1, 0.15) is 39.2 Å². The molecule has 0 amide bonds. The Kier molecular flexibility index (Phi) is 7.72. The highest BCUT2D eigenvalue weighted by atomic mass is 16.5. The maximum atomic E-state index is 5.40. The summed E-state index contributed by atoms with van der Waals surface area (Å²) in [5, 5.41) is 6.73. The Morgan fingerprint density at radius 1 is 1.13 bits per heavy atom. The number of aliphatic imine (C=N–C) groups is 1. The van der Waals surface area contributed by atoms with E-state index >= 15 is 0 Å². The van der Waals surface area contributed by atoms with Gasteiger partial charge in [-0.3, -0.25) is 4.99 Å². The number of nitrogens with zero attached hydrogens (tertiary/aromatic N) is 1. The van der Waals surface area contributed by atoms with E-state index in [1.165, 1.54) is 12.0 Å². The molecule has 2 N–H and O–H groups in total. The molecule has 0 aliphatic rings. The Hall–Kier alpha value is -1.91. The third-order valence-corrected chi connectivity index (χ3v) is 3.91. The molecule has 0 saturated carbocycles. The second-order valence-electron chi connectivity index (χ2n) is 6.16. The lowest BCUT2D eigenvalue weighted by Crippen LogP contribution is -2.43. The lowest BCUT2D eigenvalue weighted by molar-refractivity contribution is 0.353. The number of benzene rings is 1. The summed E-state index contributed by atoms with van der Waals surface area (Å²) < 4.78 is 10.7.